The zero-order valence-corrected chi connectivity index (χ0v) is 14.4. The molecule has 128 valence electrons. The Morgan fingerprint density at radius 1 is 1.48 bits per heavy atom. The fourth-order valence-corrected chi connectivity index (χ4v) is 2.40. The van der Waals surface area contributed by atoms with E-state index in [9.17, 15) is 4.79 Å². The number of carbonyl (C=O) groups is 1. The second-order valence-corrected chi connectivity index (χ2v) is 6.89. The third kappa shape index (κ3) is 5.32. The lowest BCUT2D eigenvalue weighted by molar-refractivity contribution is -0.0371. The maximum Gasteiger partial charge on any atom is 0.410 e. The maximum atomic E-state index is 12.1. The molecule has 0 spiro atoms. The number of morpholine rings is 1. The number of amides is 1. The zero-order chi connectivity index (χ0) is 17.0. The Labute approximate surface area is 137 Å². The number of hydrogen-bond acceptors (Lipinski definition) is 5. The van der Waals surface area contributed by atoms with E-state index >= 15 is 0 Å². The number of nitrogens with two attached hydrogens (primary N) is 1. The van der Waals surface area contributed by atoms with Gasteiger partial charge < -0.3 is 25.4 Å². The van der Waals surface area contributed by atoms with Gasteiger partial charge in [-0.1, -0.05) is 6.07 Å². The van der Waals surface area contributed by atoms with E-state index in [1.165, 1.54) is 0 Å². The van der Waals surface area contributed by atoms with Crippen LogP contribution in [-0.4, -0.2) is 48.9 Å². The molecule has 0 unspecified atom stereocenters. The first kappa shape index (κ1) is 17.4. The molecule has 0 radical (unpaired) electrons. The lowest BCUT2D eigenvalue weighted by Crippen LogP contribution is -2.49. The number of rotatable bonds is 3. The lowest BCUT2D eigenvalue weighted by atomic mass is 10.2. The van der Waals surface area contributed by atoms with Gasteiger partial charge in [0.25, 0.3) is 0 Å². The summed E-state index contributed by atoms with van der Waals surface area (Å²) >= 11 is 0. The van der Waals surface area contributed by atoms with Crippen LogP contribution in [0.3, 0.4) is 0 Å². The van der Waals surface area contributed by atoms with E-state index in [0.717, 1.165) is 11.3 Å². The van der Waals surface area contributed by atoms with Crippen LogP contribution in [0.5, 0.6) is 0 Å². The van der Waals surface area contributed by atoms with Crippen LogP contribution < -0.4 is 11.1 Å². The average Bonchev–Trinajstić information content (AvgIpc) is 2.45. The van der Waals surface area contributed by atoms with Gasteiger partial charge in [-0.05, 0) is 45.4 Å². The SMILES string of the molecule is Cc1ccc(NC[C@H]2CN(C(=O)OC(C)(C)C)CCO2)c(N)c1. The Balaban J connectivity index is 1.87. The van der Waals surface area contributed by atoms with Gasteiger partial charge in [0.2, 0.25) is 0 Å². The van der Waals surface area contributed by atoms with E-state index in [2.05, 4.69) is 5.32 Å². The molecule has 0 aromatic heterocycles. The lowest BCUT2D eigenvalue weighted by Gasteiger charge is -2.34. The summed E-state index contributed by atoms with van der Waals surface area (Å²) in [6, 6.07) is 5.89. The van der Waals surface area contributed by atoms with Gasteiger partial charge >= 0.3 is 6.09 Å². The third-order valence-corrected chi connectivity index (χ3v) is 3.52. The number of ether oxygens (including phenoxy) is 2. The summed E-state index contributed by atoms with van der Waals surface area (Å²) in [6.45, 7) is 9.76. The van der Waals surface area contributed by atoms with Gasteiger partial charge in [-0.2, -0.15) is 0 Å². The molecule has 1 fully saturated rings. The monoisotopic (exact) mass is 321 g/mol. The summed E-state index contributed by atoms with van der Waals surface area (Å²) in [5, 5.41) is 3.29. The molecule has 3 N–H and O–H groups in total. The molecule has 0 bridgehead atoms. The van der Waals surface area contributed by atoms with Gasteiger partial charge in [-0.3, -0.25) is 0 Å². The maximum absolute atomic E-state index is 12.1. The number of benzene rings is 1. The number of nitrogens with zero attached hydrogens (tertiary/aromatic N) is 1. The van der Waals surface area contributed by atoms with Crippen molar-refractivity contribution in [3.05, 3.63) is 23.8 Å². The highest BCUT2D eigenvalue weighted by Gasteiger charge is 2.28. The van der Waals surface area contributed by atoms with Crippen LogP contribution in [0, 0.1) is 6.92 Å². The second-order valence-electron chi connectivity index (χ2n) is 6.89. The van der Waals surface area contributed by atoms with Crippen molar-refractivity contribution in [2.45, 2.75) is 39.4 Å². The molecule has 1 saturated heterocycles. The van der Waals surface area contributed by atoms with Crippen LogP contribution in [0.2, 0.25) is 0 Å². The molecule has 1 aliphatic rings. The van der Waals surface area contributed by atoms with Gasteiger partial charge in [0.15, 0.2) is 0 Å². The Morgan fingerprint density at radius 2 is 2.22 bits per heavy atom. The summed E-state index contributed by atoms with van der Waals surface area (Å²) in [5.41, 5.74) is 8.23. The highest BCUT2D eigenvalue weighted by molar-refractivity contribution is 5.68. The van der Waals surface area contributed by atoms with Crippen LogP contribution >= 0.6 is 0 Å². The van der Waals surface area contributed by atoms with Gasteiger partial charge in [0.05, 0.1) is 30.6 Å². The molecule has 1 aliphatic heterocycles. The molecular weight excluding hydrogens is 294 g/mol. The van der Waals surface area contributed by atoms with E-state index in [1.54, 1.807) is 4.90 Å². The minimum atomic E-state index is -0.487. The highest BCUT2D eigenvalue weighted by atomic mass is 16.6. The van der Waals surface area contributed by atoms with Crippen molar-refractivity contribution in [1.29, 1.82) is 0 Å². The Hall–Kier alpha value is -1.95. The zero-order valence-electron chi connectivity index (χ0n) is 14.4. The van der Waals surface area contributed by atoms with Gasteiger partial charge in [0, 0.05) is 13.1 Å². The number of aryl methyl sites for hydroxylation is 1. The van der Waals surface area contributed by atoms with Gasteiger partial charge in [-0.15, -0.1) is 0 Å². The Kier molecular flexibility index (Phi) is 5.36. The molecule has 0 saturated carbocycles. The summed E-state index contributed by atoms with van der Waals surface area (Å²) < 4.78 is 11.1. The van der Waals surface area contributed by atoms with Crippen molar-refractivity contribution in [2.24, 2.45) is 0 Å². The molecule has 2 rings (SSSR count). The molecule has 1 aromatic carbocycles. The smallest absolute Gasteiger partial charge is 0.410 e. The molecule has 1 atom stereocenters. The Morgan fingerprint density at radius 3 is 2.87 bits per heavy atom. The van der Waals surface area contributed by atoms with Crippen molar-refractivity contribution in [3.63, 3.8) is 0 Å². The molecule has 1 aromatic rings. The van der Waals surface area contributed by atoms with Crippen LogP contribution in [0.4, 0.5) is 16.2 Å². The molecule has 6 nitrogen and oxygen atoms in total. The second kappa shape index (κ2) is 7.08. The topological polar surface area (TPSA) is 76.8 Å². The van der Waals surface area contributed by atoms with Crippen molar-refractivity contribution in [3.8, 4) is 0 Å². The van der Waals surface area contributed by atoms with Crippen LogP contribution in [0.1, 0.15) is 26.3 Å². The molecule has 1 amide bonds. The molecule has 0 aliphatic carbocycles. The Bertz CT molecular complexity index is 555. The normalized spacial score (nSPS) is 18.6. The average molecular weight is 321 g/mol. The van der Waals surface area contributed by atoms with E-state index in [-0.39, 0.29) is 12.2 Å². The quantitative estimate of drug-likeness (QED) is 0.837. The van der Waals surface area contributed by atoms with Gasteiger partial charge in [-0.25, -0.2) is 4.79 Å². The number of hydrogen-bond donors (Lipinski definition) is 2. The molecule has 1 heterocycles. The number of nitrogens with one attached hydrogen (secondary N) is 1. The first-order chi connectivity index (χ1) is 10.7. The van der Waals surface area contributed by atoms with Crippen LogP contribution in [0.15, 0.2) is 18.2 Å². The summed E-state index contributed by atoms with van der Waals surface area (Å²) in [7, 11) is 0. The van der Waals surface area contributed by atoms with Crippen molar-refractivity contribution < 1.29 is 14.3 Å². The van der Waals surface area contributed by atoms with E-state index in [0.29, 0.717) is 31.9 Å². The summed E-state index contributed by atoms with van der Waals surface area (Å²) in [6.07, 6.45) is -0.377. The molecule has 23 heavy (non-hydrogen) atoms. The van der Waals surface area contributed by atoms with Crippen molar-refractivity contribution >= 4 is 17.5 Å². The number of nitrogen functional groups attached to an aromatic ring is 1. The minimum Gasteiger partial charge on any atom is -0.444 e. The number of anilines is 2. The standard InChI is InChI=1S/C17H27N3O3/c1-12-5-6-15(14(18)9-12)19-10-13-11-20(7-8-22-13)16(21)23-17(2,3)4/h5-6,9,13,19H,7-8,10-11,18H2,1-4H3/t13-/m0/s1. The predicted octanol–water partition coefficient (Wildman–Crippen LogP) is 2.63. The molecule has 6 heteroatoms. The highest BCUT2D eigenvalue weighted by Crippen LogP contribution is 2.20. The van der Waals surface area contributed by atoms with E-state index < -0.39 is 5.60 Å². The molecular formula is C17H27N3O3. The van der Waals surface area contributed by atoms with Gasteiger partial charge in [0.1, 0.15) is 5.60 Å². The number of carbonyl (C=O) groups excluding carboxylic acids is 1. The van der Waals surface area contributed by atoms with Crippen LogP contribution in [-0.2, 0) is 9.47 Å². The first-order valence-electron chi connectivity index (χ1n) is 7.94. The summed E-state index contributed by atoms with van der Waals surface area (Å²) in [4.78, 5) is 13.8. The van der Waals surface area contributed by atoms with Crippen molar-refractivity contribution in [2.75, 3.05) is 37.3 Å². The van der Waals surface area contributed by atoms with E-state index in [4.69, 9.17) is 15.2 Å². The van der Waals surface area contributed by atoms with E-state index in [1.807, 2.05) is 45.9 Å². The van der Waals surface area contributed by atoms with Crippen molar-refractivity contribution in [1.82, 2.24) is 4.90 Å². The fraction of sp³-hybridized carbons (Fsp3) is 0.588. The minimum absolute atomic E-state index is 0.0861. The first-order valence-corrected chi connectivity index (χ1v) is 7.94. The van der Waals surface area contributed by atoms with Crippen LogP contribution in [0.25, 0.3) is 0 Å². The predicted molar refractivity (Wildman–Crippen MR) is 91.6 cm³/mol. The largest absolute Gasteiger partial charge is 0.444 e. The fourth-order valence-electron chi connectivity index (χ4n) is 2.40. The third-order valence-electron chi connectivity index (χ3n) is 3.52. The summed E-state index contributed by atoms with van der Waals surface area (Å²) in [5.74, 6) is 0.